The van der Waals surface area contributed by atoms with Crippen LogP contribution in [0.4, 0.5) is 0 Å². The smallest absolute Gasteiger partial charge is 0.272 e. The molecule has 1 saturated carbocycles. The van der Waals surface area contributed by atoms with Crippen LogP contribution in [0.1, 0.15) is 36.2 Å². The highest BCUT2D eigenvalue weighted by Crippen LogP contribution is 2.24. The molecule has 98 valence electrons. The number of aliphatic hydroxyl groups is 1. The summed E-state index contributed by atoms with van der Waals surface area (Å²) in [6.07, 6.45) is 4.37. The summed E-state index contributed by atoms with van der Waals surface area (Å²) in [5.74, 6) is -0.0859. The minimum absolute atomic E-state index is 0.00373. The number of carbonyl (C=O) groups is 1. The number of carbonyl (C=O) groups excluding carboxylic acids is 1. The van der Waals surface area contributed by atoms with Gasteiger partial charge >= 0.3 is 0 Å². The Kier molecular flexibility index (Phi) is 4.72. The topological polar surface area (TPSA) is 53.4 Å². The Labute approximate surface area is 115 Å². The van der Waals surface area contributed by atoms with Crippen molar-refractivity contribution in [3.63, 3.8) is 0 Å². The summed E-state index contributed by atoms with van der Waals surface area (Å²) in [5.41, 5.74) is 0.435. The zero-order chi connectivity index (χ0) is 13.0. The van der Waals surface area contributed by atoms with Crippen molar-refractivity contribution in [3.05, 3.63) is 28.5 Å². The number of halogens is 1. The number of pyridine rings is 1. The van der Waals surface area contributed by atoms with Gasteiger partial charge in [-0.25, -0.2) is 4.98 Å². The van der Waals surface area contributed by atoms with Crippen LogP contribution >= 0.6 is 15.9 Å². The van der Waals surface area contributed by atoms with Gasteiger partial charge in [0.2, 0.25) is 0 Å². The van der Waals surface area contributed by atoms with E-state index in [2.05, 4.69) is 20.9 Å². The first kappa shape index (κ1) is 13.5. The summed E-state index contributed by atoms with van der Waals surface area (Å²) < 4.78 is 0.656. The molecule has 5 heteroatoms. The first-order valence-electron chi connectivity index (χ1n) is 6.27. The first-order valence-corrected chi connectivity index (χ1v) is 7.06. The molecule has 0 saturated heterocycles. The maximum absolute atomic E-state index is 12.4. The third kappa shape index (κ3) is 3.09. The molecule has 1 aliphatic carbocycles. The van der Waals surface area contributed by atoms with E-state index in [0.29, 0.717) is 16.8 Å². The molecule has 1 fully saturated rings. The van der Waals surface area contributed by atoms with Gasteiger partial charge in [-0.05, 0) is 40.9 Å². The highest BCUT2D eigenvalue weighted by Gasteiger charge is 2.27. The van der Waals surface area contributed by atoms with Crippen LogP contribution in [-0.4, -0.2) is 40.1 Å². The van der Waals surface area contributed by atoms with Crippen molar-refractivity contribution >= 4 is 21.8 Å². The minimum atomic E-state index is -0.0859. The minimum Gasteiger partial charge on any atom is -0.395 e. The number of rotatable bonds is 4. The van der Waals surface area contributed by atoms with Gasteiger partial charge in [0, 0.05) is 12.6 Å². The second kappa shape index (κ2) is 6.29. The van der Waals surface area contributed by atoms with Gasteiger partial charge in [-0.15, -0.1) is 0 Å². The Balaban J connectivity index is 2.17. The van der Waals surface area contributed by atoms with Crippen LogP contribution in [0.2, 0.25) is 0 Å². The van der Waals surface area contributed by atoms with Gasteiger partial charge in [-0.2, -0.15) is 0 Å². The van der Waals surface area contributed by atoms with Crippen molar-refractivity contribution < 1.29 is 9.90 Å². The van der Waals surface area contributed by atoms with Crippen molar-refractivity contribution in [2.45, 2.75) is 31.7 Å². The third-order valence-electron chi connectivity index (χ3n) is 3.30. The lowest BCUT2D eigenvalue weighted by atomic mass is 10.2. The molecular weight excluding hydrogens is 296 g/mol. The molecule has 0 radical (unpaired) electrons. The summed E-state index contributed by atoms with van der Waals surface area (Å²) in [4.78, 5) is 18.4. The van der Waals surface area contributed by atoms with Gasteiger partial charge < -0.3 is 10.0 Å². The van der Waals surface area contributed by atoms with Crippen molar-refractivity contribution in [2.24, 2.45) is 0 Å². The Morgan fingerprint density at radius 1 is 1.44 bits per heavy atom. The lowest BCUT2D eigenvalue weighted by Gasteiger charge is -2.28. The average molecular weight is 313 g/mol. The number of aliphatic hydroxyl groups excluding tert-OH is 1. The Hall–Kier alpha value is -0.940. The van der Waals surface area contributed by atoms with Crippen LogP contribution < -0.4 is 0 Å². The van der Waals surface area contributed by atoms with Gasteiger partial charge in [-0.1, -0.05) is 18.9 Å². The lowest BCUT2D eigenvalue weighted by molar-refractivity contribution is 0.0632. The molecule has 1 aliphatic rings. The number of nitrogens with zero attached hydrogens (tertiary/aromatic N) is 2. The predicted octanol–water partition coefficient (Wildman–Crippen LogP) is 2.22. The third-order valence-corrected chi connectivity index (χ3v) is 3.74. The van der Waals surface area contributed by atoms with Crippen molar-refractivity contribution in [1.29, 1.82) is 0 Å². The highest BCUT2D eigenvalue weighted by molar-refractivity contribution is 9.10. The van der Waals surface area contributed by atoms with Crippen LogP contribution in [0.25, 0.3) is 0 Å². The molecule has 1 aromatic heterocycles. The Morgan fingerprint density at radius 2 is 2.17 bits per heavy atom. The van der Waals surface area contributed by atoms with Crippen LogP contribution in [0.3, 0.4) is 0 Å². The van der Waals surface area contributed by atoms with E-state index in [9.17, 15) is 4.79 Å². The van der Waals surface area contributed by atoms with E-state index in [1.54, 1.807) is 23.1 Å². The molecule has 1 amide bonds. The maximum Gasteiger partial charge on any atom is 0.272 e. The van der Waals surface area contributed by atoms with E-state index < -0.39 is 0 Å². The number of amides is 1. The molecule has 1 heterocycles. The molecule has 0 bridgehead atoms. The fraction of sp³-hybridized carbons (Fsp3) is 0.538. The summed E-state index contributed by atoms with van der Waals surface area (Å²) in [6, 6.07) is 5.57. The number of hydrogen-bond donors (Lipinski definition) is 1. The van der Waals surface area contributed by atoms with Crippen LogP contribution in [0, 0.1) is 0 Å². The molecule has 0 aliphatic heterocycles. The predicted molar refractivity (Wildman–Crippen MR) is 72.3 cm³/mol. The van der Waals surface area contributed by atoms with Crippen molar-refractivity contribution in [3.8, 4) is 0 Å². The molecule has 0 aromatic carbocycles. The molecule has 4 nitrogen and oxygen atoms in total. The van der Waals surface area contributed by atoms with Gasteiger partial charge in [0.15, 0.2) is 0 Å². The van der Waals surface area contributed by atoms with Crippen LogP contribution in [0.15, 0.2) is 22.8 Å². The molecule has 0 atom stereocenters. The van der Waals surface area contributed by atoms with Gasteiger partial charge in [0.25, 0.3) is 5.91 Å². The maximum atomic E-state index is 12.4. The molecule has 0 spiro atoms. The van der Waals surface area contributed by atoms with Crippen molar-refractivity contribution in [1.82, 2.24) is 9.88 Å². The van der Waals surface area contributed by atoms with E-state index >= 15 is 0 Å². The van der Waals surface area contributed by atoms with Crippen molar-refractivity contribution in [2.75, 3.05) is 13.2 Å². The molecule has 1 aromatic rings. The van der Waals surface area contributed by atoms with E-state index in [4.69, 9.17) is 5.11 Å². The zero-order valence-electron chi connectivity index (χ0n) is 10.2. The lowest BCUT2D eigenvalue weighted by Crippen LogP contribution is -2.41. The summed E-state index contributed by atoms with van der Waals surface area (Å²) in [6.45, 7) is 0.383. The van der Waals surface area contributed by atoms with Gasteiger partial charge in [0.05, 0.1) is 6.61 Å². The second-order valence-corrected chi connectivity index (χ2v) is 5.32. The fourth-order valence-electron chi connectivity index (χ4n) is 2.45. The van der Waals surface area contributed by atoms with Gasteiger partial charge in [-0.3, -0.25) is 4.79 Å². The Bertz CT molecular complexity index is 419. The molecule has 1 N–H and O–H groups in total. The fourth-order valence-corrected chi connectivity index (χ4v) is 2.79. The normalized spacial score (nSPS) is 15.9. The van der Waals surface area contributed by atoms with E-state index in [1.165, 1.54) is 0 Å². The Morgan fingerprint density at radius 3 is 2.78 bits per heavy atom. The van der Waals surface area contributed by atoms with E-state index in [-0.39, 0.29) is 18.6 Å². The molecular formula is C13H17BrN2O2. The number of hydrogen-bond acceptors (Lipinski definition) is 3. The van der Waals surface area contributed by atoms with Crippen LogP contribution in [0.5, 0.6) is 0 Å². The molecule has 18 heavy (non-hydrogen) atoms. The van der Waals surface area contributed by atoms with E-state index in [0.717, 1.165) is 25.7 Å². The SMILES string of the molecule is O=C(c1cccc(Br)n1)N(CCO)C1CCCC1. The monoisotopic (exact) mass is 312 g/mol. The molecule has 0 unspecified atom stereocenters. The standard InChI is InChI=1S/C13H17BrN2O2/c14-12-7-3-6-11(15-12)13(18)16(8-9-17)10-4-1-2-5-10/h3,6-7,10,17H,1-2,4-5,8-9H2. The largest absolute Gasteiger partial charge is 0.395 e. The zero-order valence-corrected chi connectivity index (χ0v) is 11.8. The van der Waals surface area contributed by atoms with E-state index in [1.807, 2.05) is 0 Å². The number of aromatic nitrogens is 1. The first-order chi connectivity index (χ1) is 8.72. The summed E-state index contributed by atoms with van der Waals surface area (Å²) in [7, 11) is 0. The quantitative estimate of drug-likeness (QED) is 0.867. The van der Waals surface area contributed by atoms with Gasteiger partial charge in [0.1, 0.15) is 10.3 Å². The highest BCUT2D eigenvalue weighted by atomic mass is 79.9. The second-order valence-electron chi connectivity index (χ2n) is 4.51. The summed E-state index contributed by atoms with van der Waals surface area (Å²) in [5, 5.41) is 9.12. The molecule has 2 rings (SSSR count). The average Bonchev–Trinajstić information content (AvgIpc) is 2.89. The van der Waals surface area contributed by atoms with Crippen LogP contribution in [-0.2, 0) is 0 Å². The summed E-state index contributed by atoms with van der Waals surface area (Å²) >= 11 is 3.27.